The van der Waals surface area contributed by atoms with Gasteiger partial charge >= 0.3 is 0 Å². The Balaban J connectivity index is 1.52. The fraction of sp³-hybridized carbons (Fsp3) is 0.184. The zero-order valence-corrected chi connectivity index (χ0v) is 26.2. The van der Waals surface area contributed by atoms with Crippen molar-refractivity contribution in [3.8, 4) is 11.5 Å². The van der Waals surface area contributed by atoms with Gasteiger partial charge in [-0.15, -0.1) is 0 Å². The largest absolute Gasteiger partial charge is 0.457 e. The highest BCUT2D eigenvalue weighted by Crippen LogP contribution is 2.62. The topological polar surface area (TPSA) is 32.8 Å². The highest BCUT2D eigenvalue weighted by atomic mass is 28.3. The number of carbonyl (C=O) groups excluding carboxylic acids is 1. The molecule has 0 radical (unpaired) electrons. The molecule has 0 aliphatic carbocycles. The highest BCUT2D eigenvalue weighted by molar-refractivity contribution is 6.88. The van der Waals surface area contributed by atoms with Gasteiger partial charge in [-0.25, -0.2) is 0 Å². The number of amides is 1. The summed E-state index contributed by atoms with van der Waals surface area (Å²) in [6.45, 7) is 10.1. The molecule has 0 aromatic heterocycles. The first kappa shape index (κ1) is 26.0. The van der Waals surface area contributed by atoms with Gasteiger partial charge < -0.3 is 14.5 Å². The first-order valence-corrected chi connectivity index (χ1v) is 18.5. The zero-order chi connectivity index (χ0) is 29.7. The van der Waals surface area contributed by atoms with Crippen molar-refractivity contribution in [3.05, 3.63) is 142 Å². The van der Waals surface area contributed by atoms with Crippen LogP contribution in [-0.4, -0.2) is 25.9 Å². The maximum absolute atomic E-state index is 13.1. The standard InChI is InChI=1S/C38H34N2O2Si/c1-24-14-18-33-31(20-24)38(29-10-6-8-12-35(29)42-36-13-9-7-11-30(36)38)32-22-27(43(3,4)5)17-19-34(32)40(33)26-16-15-25-23-39(2)37(41)28(25)21-26/h6-22H,23H2,1-5H3. The smallest absolute Gasteiger partial charge is 0.254 e. The molecule has 4 nitrogen and oxygen atoms in total. The number of rotatable bonds is 2. The van der Waals surface area contributed by atoms with E-state index >= 15 is 0 Å². The van der Waals surface area contributed by atoms with Crippen LogP contribution in [-0.2, 0) is 12.0 Å². The quantitative estimate of drug-likeness (QED) is 0.193. The average molecular weight is 579 g/mol. The van der Waals surface area contributed by atoms with Crippen LogP contribution >= 0.6 is 0 Å². The van der Waals surface area contributed by atoms with Crippen LogP contribution in [0.25, 0.3) is 0 Å². The van der Waals surface area contributed by atoms with Crippen LogP contribution in [0.3, 0.4) is 0 Å². The number of para-hydroxylation sites is 2. The number of fused-ring (bicyclic) bond motifs is 9. The van der Waals surface area contributed by atoms with Crippen molar-refractivity contribution in [3.63, 3.8) is 0 Å². The maximum atomic E-state index is 13.1. The van der Waals surface area contributed by atoms with Crippen molar-refractivity contribution in [2.24, 2.45) is 0 Å². The summed E-state index contributed by atoms with van der Waals surface area (Å²) in [5, 5.41) is 1.41. The molecule has 5 heteroatoms. The van der Waals surface area contributed by atoms with Crippen LogP contribution in [0.2, 0.25) is 19.6 Å². The van der Waals surface area contributed by atoms with E-state index in [2.05, 4.69) is 135 Å². The van der Waals surface area contributed by atoms with Gasteiger partial charge in [-0.2, -0.15) is 0 Å². The molecule has 1 spiro atoms. The lowest BCUT2D eigenvalue weighted by molar-refractivity contribution is 0.0816. The molecule has 43 heavy (non-hydrogen) atoms. The van der Waals surface area contributed by atoms with Crippen molar-refractivity contribution in [2.75, 3.05) is 11.9 Å². The van der Waals surface area contributed by atoms with E-state index in [1.165, 1.54) is 21.9 Å². The number of anilines is 3. The molecule has 0 fully saturated rings. The Morgan fingerprint density at radius 2 is 1.35 bits per heavy atom. The molecule has 0 saturated heterocycles. The zero-order valence-electron chi connectivity index (χ0n) is 25.2. The normalized spacial score (nSPS) is 15.8. The molecule has 0 unspecified atom stereocenters. The maximum Gasteiger partial charge on any atom is 0.254 e. The minimum absolute atomic E-state index is 0.0797. The second-order valence-corrected chi connectivity index (χ2v) is 18.3. The van der Waals surface area contributed by atoms with Gasteiger partial charge in [0.1, 0.15) is 11.5 Å². The second-order valence-electron chi connectivity index (χ2n) is 13.2. The van der Waals surface area contributed by atoms with Crippen LogP contribution in [0, 0.1) is 6.92 Å². The van der Waals surface area contributed by atoms with Crippen molar-refractivity contribution < 1.29 is 9.53 Å². The number of ether oxygens (including phenoxy) is 1. The SMILES string of the molecule is Cc1ccc2c(c1)C1(c3ccccc3Oc3ccccc31)c1cc([Si](C)(C)C)ccc1N2c1ccc2c(c1)C(=O)N(C)C2. The third-order valence-corrected chi connectivity index (χ3v) is 11.5. The second kappa shape index (κ2) is 8.95. The summed E-state index contributed by atoms with van der Waals surface area (Å²) in [6.07, 6.45) is 0. The molecule has 0 atom stereocenters. The lowest BCUT2D eigenvalue weighted by Crippen LogP contribution is -2.43. The molecule has 0 saturated carbocycles. The van der Waals surface area contributed by atoms with Crippen molar-refractivity contribution in [2.45, 2.75) is 38.5 Å². The Bertz CT molecular complexity index is 1940. The fourth-order valence-electron chi connectivity index (χ4n) is 7.34. The highest BCUT2D eigenvalue weighted by Gasteiger charge is 2.51. The van der Waals surface area contributed by atoms with Gasteiger partial charge in [0.25, 0.3) is 5.91 Å². The molecular weight excluding hydrogens is 545 g/mol. The van der Waals surface area contributed by atoms with Gasteiger partial charge in [-0.1, -0.05) is 97.1 Å². The van der Waals surface area contributed by atoms with E-state index in [0.29, 0.717) is 6.54 Å². The molecule has 1 amide bonds. The number of hydrogen-bond donors (Lipinski definition) is 0. The van der Waals surface area contributed by atoms with E-state index in [1.54, 1.807) is 4.90 Å². The summed E-state index contributed by atoms with van der Waals surface area (Å²) in [5.74, 6) is 1.85. The first-order chi connectivity index (χ1) is 20.7. The van der Waals surface area contributed by atoms with E-state index in [1.807, 2.05) is 7.05 Å². The number of hydrogen-bond acceptors (Lipinski definition) is 3. The van der Waals surface area contributed by atoms with Crippen LogP contribution in [0.5, 0.6) is 11.5 Å². The molecule has 3 aliphatic heterocycles. The lowest BCUT2D eigenvalue weighted by atomic mass is 9.61. The first-order valence-electron chi connectivity index (χ1n) is 15.0. The predicted molar refractivity (Wildman–Crippen MR) is 177 cm³/mol. The Labute approximate surface area is 254 Å². The number of carbonyl (C=O) groups is 1. The monoisotopic (exact) mass is 578 g/mol. The Morgan fingerprint density at radius 1 is 0.721 bits per heavy atom. The van der Waals surface area contributed by atoms with Gasteiger partial charge in [-0.05, 0) is 60.0 Å². The third-order valence-electron chi connectivity index (χ3n) is 9.44. The molecule has 212 valence electrons. The van der Waals surface area contributed by atoms with E-state index < -0.39 is 13.5 Å². The van der Waals surface area contributed by atoms with Gasteiger partial charge in [0.15, 0.2) is 0 Å². The minimum atomic E-state index is -1.69. The molecule has 3 heterocycles. The summed E-state index contributed by atoms with van der Waals surface area (Å²) in [4.78, 5) is 17.3. The van der Waals surface area contributed by atoms with E-state index in [0.717, 1.165) is 50.8 Å². The summed E-state index contributed by atoms with van der Waals surface area (Å²) in [7, 11) is 0.183. The molecule has 5 aromatic rings. The van der Waals surface area contributed by atoms with Gasteiger partial charge in [0.2, 0.25) is 0 Å². The third kappa shape index (κ3) is 3.58. The van der Waals surface area contributed by atoms with Crippen LogP contribution in [0.4, 0.5) is 17.1 Å². The van der Waals surface area contributed by atoms with Crippen molar-refractivity contribution >= 4 is 36.2 Å². The fourth-order valence-corrected chi connectivity index (χ4v) is 8.51. The number of aryl methyl sites for hydroxylation is 1. The Hall–Kier alpha value is -4.61. The minimum Gasteiger partial charge on any atom is -0.457 e. The molecular formula is C38H34N2O2Si. The van der Waals surface area contributed by atoms with Gasteiger partial charge in [0.05, 0.1) is 24.9 Å². The Morgan fingerprint density at radius 3 is 2.02 bits per heavy atom. The van der Waals surface area contributed by atoms with Crippen LogP contribution in [0.1, 0.15) is 43.7 Å². The molecule has 8 rings (SSSR count). The summed E-state index contributed by atoms with van der Waals surface area (Å²) >= 11 is 0. The van der Waals surface area contributed by atoms with E-state index in [-0.39, 0.29) is 5.91 Å². The molecule has 0 bridgehead atoms. The number of benzene rings is 5. The van der Waals surface area contributed by atoms with Crippen LogP contribution in [0.15, 0.2) is 103 Å². The Kier molecular flexibility index (Phi) is 5.42. The lowest BCUT2D eigenvalue weighted by Gasteiger charge is -2.49. The summed E-state index contributed by atoms with van der Waals surface area (Å²) in [5.41, 5.74) is 10.5. The summed E-state index contributed by atoms with van der Waals surface area (Å²) < 4.78 is 6.60. The molecule has 3 aliphatic rings. The summed E-state index contributed by atoms with van der Waals surface area (Å²) in [6, 6.07) is 37.4. The van der Waals surface area contributed by atoms with E-state index in [9.17, 15) is 4.79 Å². The average Bonchev–Trinajstić information content (AvgIpc) is 3.28. The van der Waals surface area contributed by atoms with Crippen molar-refractivity contribution in [1.29, 1.82) is 0 Å². The predicted octanol–water partition coefficient (Wildman–Crippen LogP) is 8.40. The number of nitrogens with zero attached hydrogens (tertiary/aromatic N) is 2. The van der Waals surface area contributed by atoms with Gasteiger partial charge in [-0.3, -0.25) is 4.79 Å². The van der Waals surface area contributed by atoms with Crippen molar-refractivity contribution in [1.82, 2.24) is 4.90 Å². The molecule has 5 aromatic carbocycles. The molecule has 0 N–H and O–H groups in total. The van der Waals surface area contributed by atoms with Crippen LogP contribution < -0.4 is 14.8 Å². The van der Waals surface area contributed by atoms with Gasteiger partial charge in [0, 0.05) is 36.0 Å². The van der Waals surface area contributed by atoms with E-state index in [4.69, 9.17) is 4.74 Å².